The molecule has 2 rings (SSSR count). The summed E-state index contributed by atoms with van der Waals surface area (Å²) in [6, 6.07) is 3.83. The van der Waals surface area contributed by atoms with Gasteiger partial charge in [-0.3, -0.25) is 9.59 Å². The molecule has 1 aromatic carbocycles. The second kappa shape index (κ2) is 7.81. The highest BCUT2D eigenvalue weighted by atomic mass is 19.1. The highest BCUT2D eigenvalue weighted by Crippen LogP contribution is 2.23. The minimum absolute atomic E-state index is 0.0920. The molecule has 0 atom stereocenters. The predicted octanol–water partition coefficient (Wildman–Crippen LogP) is 3.16. The molecule has 0 bridgehead atoms. The van der Waals surface area contributed by atoms with Crippen LogP contribution in [0.15, 0.2) is 18.2 Å². The Morgan fingerprint density at radius 3 is 2.50 bits per heavy atom. The summed E-state index contributed by atoms with van der Waals surface area (Å²) in [5, 5.41) is 4.96. The molecule has 0 spiro atoms. The Balaban J connectivity index is 2.30. The van der Waals surface area contributed by atoms with Crippen LogP contribution in [0, 0.1) is 19.7 Å². The van der Waals surface area contributed by atoms with Gasteiger partial charge in [-0.15, -0.1) is 0 Å². The molecule has 1 aromatic heterocycles. The summed E-state index contributed by atoms with van der Waals surface area (Å²) < 4.78 is 19.0. The number of ether oxygens (including phenoxy) is 1. The molecule has 0 radical (unpaired) electrons. The molecule has 0 aliphatic carbocycles. The number of carbonyl (C=O) groups is 3. The fourth-order valence-electron chi connectivity index (χ4n) is 2.57. The summed E-state index contributed by atoms with van der Waals surface area (Å²) in [4.78, 5) is 38.5. The van der Waals surface area contributed by atoms with E-state index in [-0.39, 0.29) is 29.5 Å². The van der Waals surface area contributed by atoms with E-state index in [1.165, 1.54) is 19.1 Å². The first kappa shape index (κ1) is 19.2. The maximum atomic E-state index is 14.0. The van der Waals surface area contributed by atoms with Gasteiger partial charge in [-0.1, -0.05) is 0 Å². The predicted molar refractivity (Wildman–Crippen MR) is 94.9 cm³/mol. The van der Waals surface area contributed by atoms with Crippen LogP contribution in [0.3, 0.4) is 0 Å². The van der Waals surface area contributed by atoms with Crippen LogP contribution < -0.4 is 10.6 Å². The van der Waals surface area contributed by atoms with Crippen LogP contribution in [0.2, 0.25) is 0 Å². The van der Waals surface area contributed by atoms with E-state index in [9.17, 15) is 18.8 Å². The van der Waals surface area contributed by atoms with Crippen LogP contribution in [-0.2, 0) is 9.53 Å². The monoisotopic (exact) mass is 361 g/mol. The normalized spacial score (nSPS) is 10.3. The van der Waals surface area contributed by atoms with Crippen LogP contribution in [0.4, 0.5) is 15.8 Å². The fraction of sp³-hybridized carbons (Fsp3) is 0.278. The van der Waals surface area contributed by atoms with Crippen LogP contribution in [0.25, 0.3) is 0 Å². The average Bonchev–Trinajstić information content (AvgIpc) is 2.85. The lowest BCUT2D eigenvalue weighted by Gasteiger charge is -2.09. The zero-order chi connectivity index (χ0) is 19.4. The van der Waals surface area contributed by atoms with Gasteiger partial charge in [0.15, 0.2) is 0 Å². The highest BCUT2D eigenvalue weighted by Gasteiger charge is 2.23. The number of amides is 2. The van der Waals surface area contributed by atoms with Gasteiger partial charge in [0.2, 0.25) is 5.91 Å². The number of rotatable bonds is 5. The van der Waals surface area contributed by atoms with Gasteiger partial charge < -0.3 is 20.4 Å². The first-order valence-corrected chi connectivity index (χ1v) is 7.99. The summed E-state index contributed by atoms with van der Waals surface area (Å²) in [5.41, 5.74) is 1.57. The Morgan fingerprint density at radius 1 is 1.19 bits per heavy atom. The van der Waals surface area contributed by atoms with Crippen LogP contribution in [0.5, 0.6) is 0 Å². The number of hydrogen-bond donors (Lipinski definition) is 3. The fourth-order valence-corrected chi connectivity index (χ4v) is 2.57. The molecule has 0 aliphatic heterocycles. The molecule has 3 N–H and O–H groups in total. The summed E-state index contributed by atoms with van der Waals surface area (Å²) >= 11 is 0. The molecule has 2 amide bonds. The van der Waals surface area contributed by atoms with Gasteiger partial charge in [0.1, 0.15) is 11.5 Å². The lowest BCUT2D eigenvalue weighted by atomic mass is 10.1. The largest absolute Gasteiger partial charge is 0.462 e. The summed E-state index contributed by atoms with van der Waals surface area (Å²) in [5.74, 6) is -2.11. The second-order valence-electron chi connectivity index (χ2n) is 5.68. The van der Waals surface area contributed by atoms with Gasteiger partial charge in [0, 0.05) is 18.3 Å². The zero-order valence-electron chi connectivity index (χ0n) is 15.0. The summed E-state index contributed by atoms with van der Waals surface area (Å²) in [7, 11) is 0. The number of aromatic nitrogens is 1. The molecule has 0 unspecified atom stereocenters. The van der Waals surface area contributed by atoms with Gasteiger partial charge in [-0.25, -0.2) is 9.18 Å². The van der Waals surface area contributed by atoms with Gasteiger partial charge in [-0.2, -0.15) is 0 Å². The van der Waals surface area contributed by atoms with Gasteiger partial charge in [0.05, 0.1) is 17.9 Å². The molecular formula is C18H20FN3O4. The molecular weight excluding hydrogens is 341 g/mol. The number of esters is 1. The molecule has 1 heterocycles. The lowest BCUT2D eigenvalue weighted by molar-refractivity contribution is -0.114. The lowest BCUT2D eigenvalue weighted by Crippen LogP contribution is -2.16. The molecule has 0 aliphatic rings. The Labute approximate surface area is 149 Å². The second-order valence-corrected chi connectivity index (χ2v) is 5.68. The SMILES string of the molecule is CCOC(=O)c1c(C)[nH]c(C(=O)Nc2cc(NC(C)=O)ccc2F)c1C. The molecule has 7 nitrogen and oxygen atoms in total. The van der Waals surface area contributed by atoms with E-state index in [4.69, 9.17) is 4.74 Å². The van der Waals surface area contributed by atoms with Crippen molar-refractivity contribution in [3.05, 3.63) is 46.5 Å². The zero-order valence-corrected chi connectivity index (χ0v) is 15.0. The molecule has 0 saturated carbocycles. The van der Waals surface area contributed by atoms with E-state index in [1.54, 1.807) is 20.8 Å². The Hall–Kier alpha value is -3.16. The summed E-state index contributed by atoms with van der Waals surface area (Å²) in [6.07, 6.45) is 0. The van der Waals surface area contributed by atoms with Crippen molar-refractivity contribution in [2.45, 2.75) is 27.7 Å². The smallest absolute Gasteiger partial charge is 0.340 e. The number of carbonyl (C=O) groups excluding carboxylic acids is 3. The summed E-state index contributed by atoms with van der Waals surface area (Å²) in [6.45, 7) is 6.48. The number of H-pyrrole nitrogens is 1. The standard InChI is InChI=1S/C18H20FN3O4/c1-5-26-18(25)15-9(2)16(20-10(15)3)17(24)22-14-8-12(21-11(4)23)6-7-13(14)19/h6-8,20H,5H2,1-4H3,(H,21,23)(H,22,24). The van der Waals surface area contributed by atoms with Gasteiger partial charge >= 0.3 is 5.97 Å². The molecule has 0 fully saturated rings. The van der Waals surface area contributed by atoms with Gasteiger partial charge in [-0.05, 0) is 44.5 Å². The third kappa shape index (κ3) is 4.08. The topological polar surface area (TPSA) is 100 Å². The molecule has 138 valence electrons. The van der Waals surface area contributed by atoms with Crippen molar-refractivity contribution in [2.75, 3.05) is 17.2 Å². The minimum Gasteiger partial charge on any atom is -0.462 e. The number of nitrogens with one attached hydrogen (secondary N) is 3. The molecule has 8 heteroatoms. The van der Waals surface area contributed by atoms with Gasteiger partial charge in [0.25, 0.3) is 5.91 Å². The van der Waals surface area contributed by atoms with Crippen molar-refractivity contribution < 1.29 is 23.5 Å². The van der Waals surface area contributed by atoms with E-state index >= 15 is 0 Å². The first-order chi connectivity index (χ1) is 12.2. The van der Waals surface area contributed by atoms with E-state index in [0.717, 1.165) is 6.07 Å². The van der Waals surface area contributed by atoms with Crippen molar-refractivity contribution >= 4 is 29.2 Å². The average molecular weight is 361 g/mol. The number of benzene rings is 1. The van der Waals surface area contributed by atoms with Crippen molar-refractivity contribution in [1.29, 1.82) is 0 Å². The number of anilines is 2. The maximum Gasteiger partial charge on any atom is 0.340 e. The van der Waals surface area contributed by atoms with E-state index < -0.39 is 17.7 Å². The van der Waals surface area contributed by atoms with Crippen molar-refractivity contribution in [2.24, 2.45) is 0 Å². The number of aryl methyl sites for hydroxylation is 1. The van der Waals surface area contributed by atoms with Crippen molar-refractivity contribution in [3.8, 4) is 0 Å². The Bertz CT molecular complexity index is 874. The maximum absolute atomic E-state index is 14.0. The minimum atomic E-state index is -0.654. The number of hydrogen-bond acceptors (Lipinski definition) is 4. The number of aromatic amines is 1. The Morgan fingerprint density at radius 2 is 1.88 bits per heavy atom. The van der Waals surface area contributed by atoms with E-state index in [1.807, 2.05) is 0 Å². The third-order valence-corrected chi connectivity index (χ3v) is 3.68. The van der Waals surface area contributed by atoms with E-state index in [0.29, 0.717) is 16.9 Å². The molecule has 0 saturated heterocycles. The molecule has 26 heavy (non-hydrogen) atoms. The quantitative estimate of drug-likeness (QED) is 0.712. The molecule has 2 aromatic rings. The van der Waals surface area contributed by atoms with Crippen LogP contribution in [-0.4, -0.2) is 29.4 Å². The number of halogens is 1. The van der Waals surface area contributed by atoms with Crippen LogP contribution in [0.1, 0.15) is 46.0 Å². The first-order valence-electron chi connectivity index (χ1n) is 7.99. The van der Waals surface area contributed by atoms with Crippen molar-refractivity contribution in [1.82, 2.24) is 4.98 Å². The third-order valence-electron chi connectivity index (χ3n) is 3.68. The Kier molecular flexibility index (Phi) is 5.76. The van der Waals surface area contributed by atoms with Crippen LogP contribution >= 0.6 is 0 Å². The van der Waals surface area contributed by atoms with Crippen molar-refractivity contribution in [3.63, 3.8) is 0 Å². The highest BCUT2D eigenvalue weighted by molar-refractivity contribution is 6.07. The van der Waals surface area contributed by atoms with E-state index in [2.05, 4.69) is 15.6 Å².